The van der Waals surface area contributed by atoms with Crippen LogP contribution in [0.15, 0.2) is 43.0 Å². The van der Waals surface area contributed by atoms with Gasteiger partial charge in [0.05, 0.1) is 0 Å². The van der Waals surface area contributed by atoms with Crippen LogP contribution in [0.5, 0.6) is 0 Å². The minimum atomic E-state index is -0.111. The number of rotatable bonds is 3. The number of aryl methyl sites for hydroxylation is 2. The number of hydrogen-bond donors (Lipinski definition) is 0. The van der Waals surface area contributed by atoms with Crippen molar-refractivity contribution in [3.05, 3.63) is 59.9 Å². The van der Waals surface area contributed by atoms with Crippen LogP contribution >= 0.6 is 0 Å². The quantitative estimate of drug-likeness (QED) is 0.664. The van der Waals surface area contributed by atoms with Gasteiger partial charge in [-0.15, -0.1) is 6.58 Å². The average molecular weight is 214 g/mol. The molecule has 0 atom stereocenters. The Morgan fingerprint density at radius 1 is 1.19 bits per heavy atom. The Morgan fingerprint density at radius 3 is 2.75 bits per heavy atom. The van der Waals surface area contributed by atoms with E-state index in [9.17, 15) is 4.39 Å². The highest BCUT2D eigenvalue weighted by atomic mass is 19.1. The lowest BCUT2D eigenvalue weighted by molar-refractivity contribution is 0.611. The molecule has 0 N–H and O–H groups in total. The molecule has 0 unspecified atom stereocenters. The Hall–Kier alpha value is -1.63. The number of benzene rings is 2. The molecule has 0 fully saturated rings. The Balaban J connectivity index is 2.49. The van der Waals surface area contributed by atoms with Crippen molar-refractivity contribution in [2.45, 2.75) is 19.8 Å². The first kappa shape index (κ1) is 10.9. The van der Waals surface area contributed by atoms with E-state index in [0.29, 0.717) is 0 Å². The van der Waals surface area contributed by atoms with E-state index in [1.54, 1.807) is 6.07 Å². The molecule has 0 amide bonds. The van der Waals surface area contributed by atoms with E-state index in [1.807, 2.05) is 31.2 Å². The summed E-state index contributed by atoms with van der Waals surface area (Å²) < 4.78 is 13.7. The summed E-state index contributed by atoms with van der Waals surface area (Å²) >= 11 is 0. The smallest absolute Gasteiger partial charge is 0.127 e. The summed E-state index contributed by atoms with van der Waals surface area (Å²) in [7, 11) is 0. The molecule has 2 rings (SSSR count). The fraction of sp³-hybridized carbons (Fsp3) is 0.200. The van der Waals surface area contributed by atoms with Crippen molar-refractivity contribution in [2.24, 2.45) is 0 Å². The molecule has 0 heterocycles. The monoisotopic (exact) mass is 214 g/mol. The SMILES string of the molecule is C=CCCc1cc2ccc(C)cc2cc1F. The van der Waals surface area contributed by atoms with Gasteiger partial charge in [-0.1, -0.05) is 29.8 Å². The van der Waals surface area contributed by atoms with E-state index < -0.39 is 0 Å². The summed E-state index contributed by atoms with van der Waals surface area (Å²) in [6, 6.07) is 9.67. The van der Waals surface area contributed by atoms with Crippen LogP contribution in [0, 0.1) is 12.7 Å². The third-order valence-electron chi connectivity index (χ3n) is 2.78. The summed E-state index contributed by atoms with van der Waals surface area (Å²) in [5, 5.41) is 2.07. The molecular weight excluding hydrogens is 199 g/mol. The van der Waals surface area contributed by atoms with E-state index in [0.717, 1.165) is 34.7 Å². The second-order valence-electron chi connectivity index (χ2n) is 4.12. The Labute approximate surface area is 95.4 Å². The largest absolute Gasteiger partial charge is 0.207 e. The Kier molecular flexibility index (Phi) is 3.04. The van der Waals surface area contributed by atoms with Crippen LogP contribution < -0.4 is 0 Å². The molecule has 0 saturated carbocycles. The van der Waals surface area contributed by atoms with Gasteiger partial charge in [0.1, 0.15) is 5.82 Å². The van der Waals surface area contributed by atoms with Crippen LogP contribution in [-0.2, 0) is 6.42 Å². The molecule has 2 aromatic rings. The van der Waals surface area contributed by atoms with Gasteiger partial charge in [0.2, 0.25) is 0 Å². The summed E-state index contributed by atoms with van der Waals surface area (Å²) in [4.78, 5) is 0. The van der Waals surface area contributed by atoms with Crippen LogP contribution in [0.1, 0.15) is 17.5 Å². The van der Waals surface area contributed by atoms with Gasteiger partial charge in [-0.2, -0.15) is 0 Å². The van der Waals surface area contributed by atoms with Crippen LogP contribution in [0.3, 0.4) is 0 Å². The molecular formula is C15H15F. The van der Waals surface area contributed by atoms with E-state index >= 15 is 0 Å². The van der Waals surface area contributed by atoms with Crippen molar-refractivity contribution in [3.63, 3.8) is 0 Å². The minimum Gasteiger partial charge on any atom is -0.207 e. The molecule has 16 heavy (non-hydrogen) atoms. The van der Waals surface area contributed by atoms with Crippen molar-refractivity contribution in [3.8, 4) is 0 Å². The molecule has 0 radical (unpaired) electrons. The maximum Gasteiger partial charge on any atom is 0.127 e. The van der Waals surface area contributed by atoms with Gasteiger partial charge in [0.15, 0.2) is 0 Å². The highest BCUT2D eigenvalue weighted by Crippen LogP contribution is 2.21. The van der Waals surface area contributed by atoms with Gasteiger partial charge in [-0.25, -0.2) is 4.39 Å². The van der Waals surface area contributed by atoms with Crippen LogP contribution in [0.2, 0.25) is 0 Å². The highest BCUT2D eigenvalue weighted by molar-refractivity contribution is 5.84. The second kappa shape index (κ2) is 4.48. The normalized spacial score (nSPS) is 10.6. The minimum absolute atomic E-state index is 0.111. The molecule has 82 valence electrons. The van der Waals surface area contributed by atoms with E-state index in [1.165, 1.54) is 0 Å². The second-order valence-corrected chi connectivity index (χ2v) is 4.12. The molecule has 0 aliphatic rings. The maximum absolute atomic E-state index is 13.7. The standard InChI is InChI=1S/C15H15F/c1-3-4-5-13-9-12-7-6-11(2)8-14(12)10-15(13)16/h3,6-10H,1,4-5H2,2H3. The first-order valence-electron chi connectivity index (χ1n) is 5.50. The predicted molar refractivity (Wildman–Crippen MR) is 67.2 cm³/mol. The first-order chi connectivity index (χ1) is 7.70. The Morgan fingerprint density at radius 2 is 2.00 bits per heavy atom. The molecule has 0 aromatic heterocycles. The first-order valence-corrected chi connectivity index (χ1v) is 5.50. The van der Waals surface area contributed by atoms with Gasteiger partial charge in [0, 0.05) is 0 Å². The molecule has 0 bridgehead atoms. The fourth-order valence-electron chi connectivity index (χ4n) is 1.89. The molecule has 0 saturated heterocycles. The molecule has 0 nitrogen and oxygen atoms in total. The highest BCUT2D eigenvalue weighted by Gasteiger charge is 2.04. The maximum atomic E-state index is 13.7. The van der Waals surface area contributed by atoms with Gasteiger partial charge >= 0.3 is 0 Å². The zero-order valence-electron chi connectivity index (χ0n) is 9.46. The summed E-state index contributed by atoms with van der Waals surface area (Å²) in [6.07, 6.45) is 3.35. The molecule has 1 heteroatoms. The van der Waals surface area contributed by atoms with E-state index in [4.69, 9.17) is 0 Å². The van der Waals surface area contributed by atoms with Gasteiger partial charge in [-0.3, -0.25) is 0 Å². The van der Waals surface area contributed by atoms with Crippen LogP contribution in [-0.4, -0.2) is 0 Å². The molecule has 0 spiro atoms. The topological polar surface area (TPSA) is 0 Å². The summed E-state index contributed by atoms with van der Waals surface area (Å²) in [5.74, 6) is -0.111. The van der Waals surface area contributed by atoms with Crippen molar-refractivity contribution >= 4 is 10.8 Å². The zero-order chi connectivity index (χ0) is 11.5. The van der Waals surface area contributed by atoms with Crippen molar-refractivity contribution < 1.29 is 4.39 Å². The lowest BCUT2D eigenvalue weighted by Crippen LogP contribution is -1.90. The molecule has 2 aromatic carbocycles. The molecule has 0 aliphatic carbocycles. The van der Waals surface area contributed by atoms with E-state index in [-0.39, 0.29) is 5.82 Å². The van der Waals surface area contributed by atoms with Crippen LogP contribution in [0.25, 0.3) is 10.8 Å². The average Bonchev–Trinajstić information content (AvgIpc) is 2.26. The van der Waals surface area contributed by atoms with Crippen molar-refractivity contribution in [2.75, 3.05) is 0 Å². The van der Waals surface area contributed by atoms with Crippen molar-refractivity contribution in [1.29, 1.82) is 0 Å². The summed E-state index contributed by atoms with van der Waals surface area (Å²) in [6.45, 7) is 5.67. The third kappa shape index (κ3) is 2.13. The Bertz CT molecular complexity index is 526. The molecule has 0 aliphatic heterocycles. The number of hydrogen-bond acceptors (Lipinski definition) is 0. The lowest BCUT2D eigenvalue weighted by atomic mass is 10.0. The van der Waals surface area contributed by atoms with Gasteiger partial charge in [-0.05, 0) is 48.2 Å². The van der Waals surface area contributed by atoms with E-state index in [2.05, 4.69) is 12.6 Å². The zero-order valence-corrected chi connectivity index (χ0v) is 9.46. The van der Waals surface area contributed by atoms with Crippen molar-refractivity contribution in [1.82, 2.24) is 0 Å². The van der Waals surface area contributed by atoms with Crippen LogP contribution in [0.4, 0.5) is 4.39 Å². The number of allylic oxidation sites excluding steroid dienone is 1. The fourth-order valence-corrected chi connectivity index (χ4v) is 1.89. The number of fused-ring (bicyclic) bond motifs is 1. The third-order valence-corrected chi connectivity index (χ3v) is 2.78. The number of halogens is 1. The summed E-state index contributed by atoms with van der Waals surface area (Å²) in [5.41, 5.74) is 1.93. The van der Waals surface area contributed by atoms with Gasteiger partial charge < -0.3 is 0 Å². The van der Waals surface area contributed by atoms with Gasteiger partial charge in [0.25, 0.3) is 0 Å². The lowest BCUT2D eigenvalue weighted by Gasteiger charge is -2.05. The predicted octanol–water partition coefficient (Wildman–Crippen LogP) is 4.41.